The third kappa shape index (κ3) is 3.92. The van der Waals surface area contributed by atoms with Crippen LogP contribution in [0.15, 0.2) is 23.1 Å². The van der Waals surface area contributed by atoms with Crippen LogP contribution < -0.4 is 4.74 Å². The van der Waals surface area contributed by atoms with E-state index in [1.807, 2.05) is 18.5 Å². The molecule has 0 bridgehead atoms. The summed E-state index contributed by atoms with van der Waals surface area (Å²) in [6, 6.07) is 4.41. The van der Waals surface area contributed by atoms with E-state index >= 15 is 0 Å². The standard InChI is InChI=1S/C18H21ClN4O3S2/c1-4-7-13-15-16(23(5-2)22-13)18(27)21-17(20-15)12-10-11(28(19,24)25)8-9-14(12)26-6-3/h8-10H,4-7H2,1-3H3,(H,20,21,27). The van der Waals surface area contributed by atoms with Gasteiger partial charge in [0.2, 0.25) is 0 Å². The van der Waals surface area contributed by atoms with Crippen molar-refractivity contribution < 1.29 is 13.2 Å². The minimum Gasteiger partial charge on any atom is -0.493 e. The number of aryl methyl sites for hydroxylation is 2. The first kappa shape index (κ1) is 20.8. The number of nitrogens with zero attached hydrogens (tertiary/aromatic N) is 3. The second-order valence-electron chi connectivity index (χ2n) is 6.15. The van der Waals surface area contributed by atoms with Crippen LogP contribution in [0.4, 0.5) is 0 Å². The second-order valence-corrected chi connectivity index (χ2v) is 9.13. The van der Waals surface area contributed by atoms with E-state index in [1.54, 1.807) is 6.07 Å². The van der Waals surface area contributed by atoms with Crippen LogP contribution in [-0.4, -0.2) is 34.8 Å². The Morgan fingerprint density at radius 2 is 2.04 bits per heavy atom. The molecule has 1 aromatic carbocycles. The third-order valence-electron chi connectivity index (χ3n) is 4.24. The van der Waals surface area contributed by atoms with Crippen molar-refractivity contribution in [3.8, 4) is 17.1 Å². The van der Waals surface area contributed by atoms with Gasteiger partial charge in [0.1, 0.15) is 27.2 Å². The maximum absolute atomic E-state index is 11.8. The first-order valence-electron chi connectivity index (χ1n) is 9.01. The van der Waals surface area contributed by atoms with Gasteiger partial charge in [-0.2, -0.15) is 5.10 Å². The zero-order valence-corrected chi connectivity index (χ0v) is 18.2. The molecule has 10 heteroatoms. The number of fused-ring (bicyclic) bond motifs is 1. The van der Waals surface area contributed by atoms with Gasteiger partial charge in [-0.1, -0.05) is 25.6 Å². The molecule has 0 saturated carbocycles. The number of ether oxygens (including phenoxy) is 1. The molecule has 1 N–H and O–H groups in total. The summed E-state index contributed by atoms with van der Waals surface area (Å²) >= 11 is 5.57. The average Bonchev–Trinajstić information content (AvgIpc) is 3.00. The van der Waals surface area contributed by atoms with Crippen molar-refractivity contribution >= 4 is 43.0 Å². The van der Waals surface area contributed by atoms with Crippen LogP contribution in [0.25, 0.3) is 22.4 Å². The molecule has 0 radical (unpaired) electrons. The Labute approximate surface area is 173 Å². The quantitative estimate of drug-likeness (QED) is 0.431. The fraction of sp³-hybridized carbons (Fsp3) is 0.389. The number of hydrogen-bond donors (Lipinski definition) is 1. The molecule has 3 aromatic rings. The summed E-state index contributed by atoms with van der Waals surface area (Å²) in [7, 11) is 1.63. The number of benzene rings is 1. The van der Waals surface area contributed by atoms with Crippen LogP contribution in [0.3, 0.4) is 0 Å². The average molecular weight is 441 g/mol. The molecule has 0 fully saturated rings. The molecular formula is C18H21ClN4O3S2. The van der Waals surface area contributed by atoms with E-state index in [0.717, 1.165) is 24.1 Å². The van der Waals surface area contributed by atoms with Crippen molar-refractivity contribution in [2.75, 3.05) is 6.61 Å². The predicted octanol–water partition coefficient (Wildman–Crippen LogP) is 4.45. The summed E-state index contributed by atoms with van der Waals surface area (Å²) in [6.07, 6.45) is 1.69. The maximum Gasteiger partial charge on any atom is 0.261 e. The maximum atomic E-state index is 11.8. The highest BCUT2D eigenvalue weighted by molar-refractivity contribution is 8.13. The third-order valence-corrected chi connectivity index (χ3v) is 5.89. The minimum absolute atomic E-state index is 0.0353. The van der Waals surface area contributed by atoms with Crippen molar-refractivity contribution in [1.82, 2.24) is 19.7 Å². The minimum atomic E-state index is -3.90. The van der Waals surface area contributed by atoms with E-state index in [-0.39, 0.29) is 4.90 Å². The lowest BCUT2D eigenvalue weighted by Gasteiger charge is -2.11. The van der Waals surface area contributed by atoms with Crippen molar-refractivity contribution in [2.45, 2.75) is 45.1 Å². The van der Waals surface area contributed by atoms with E-state index in [2.05, 4.69) is 17.0 Å². The zero-order valence-electron chi connectivity index (χ0n) is 15.8. The van der Waals surface area contributed by atoms with E-state index < -0.39 is 9.05 Å². The lowest BCUT2D eigenvalue weighted by molar-refractivity contribution is 0.341. The number of aromatic amines is 1. The number of halogens is 1. The van der Waals surface area contributed by atoms with Gasteiger partial charge in [-0.05, 0) is 38.5 Å². The second kappa shape index (κ2) is 8.18. The van der Waals surface area contributed by atoms with E-state index in [0.29, 0.717) is 40.4 Å². The Morgan fingerprint density at radius 1 is 1.29 bits per heavy atom. The van der Waals surface area contributed by atoms with Crippen LogP contribution in [0, 0.1) is 4.64 Å². The van der Waals surface area contributed by atoms with Crippen LogP contribution in [0.1, 0.15) is 32.9 Å². The largest absolute Gasteiger partial charge is 0.493 e. The number of rotatable bonds is 7. The summed E-state index contributed by atoms with van der Waals surface area (Å²) in [5.41, 5.74) is 2.82. The fourth-order valence-corrected chi connectivity index (χ4v) is 4.12. The Hall–Kier alpha value is -1.97. The first-order chi connectivity index (χ1) is 13.3. The molecule has 0 aliphatic rings. The van der Waals surface area contributed by atoms with Gasteiger partial charge in [-0.3, -0.25) is 4.68 Å². The van der Waals surface area contributed by atoms with Crippen LogP contribution in [-0.2, 0) is 22.0 Å². The Bertz CT molecular complexity index is 1190. The molecule has 7 nitrogen and oxygen atoms in total. The number of aromatic nitrogens is 4. The summed E-state index contributed by atoms with van der Waals surface area (Å²) in [5.74, 6) is 0.903. The molecule has 2 aromatic heterocycles. The molecule has 0 saturated heterocycles. The van der Waals surface area contributed by atoms with Gasteiger partial charge in [0, 0.05) is 17.2 Å². The van der Waals surface area contributed by atoms with Crippen LogP contribution in [0.2, 0.25) is 0 Å². The van der Waals surface area contributed by atoms with E-state index in [9.17, 15) is 8.42 Å². The van der Waals surface area contributed by atoms with Crippen molar-refractivity contribution in [3.05, 3.63) is 28.5 Å². The highest BCUT2D eigenvalue weighted by Gasteiger charge is 2.19. The highest BCUT2D eigenvalue weighted by atomic mass is 35.7. The summed E-state index contributed by atoms with van der Waals surface area (Å²) in [5, 5.41) is 4.63. The summed E-state index contributed by atoms with van der Waals surface area (Å²) in [4.78, 5) is 7.80. The molecule has 0 aliphatic heterocycles. The smallest absolute Gasteiger partial charge is 0.261 e. The molecule has 3 rings (SSSR count). The molecule has 0 unspecified atom stereocenters. The molecule has 0 aliphatic carbocycles. The topological polar surface area (TPSA) is 89.9 Å². The predicted molar refractivity (Wildman–Crippen MR) is 112 cm³/mol. The molecule has 0 amide bonds. The van der Waals surface area contributed by atoms with Crippen molar-refractivity contribution in [2.24, 2.45) is 0 Å². The number of hydrogen-bond acceptors (Lipinski definition) is 6. The van der Waals surface area contributed by atoms with E-state index in [1.165, 1.54) is 12.1 Å². The monoisotopic (exact) mass is 440 g/mol. The fourth-order valence-electron chi connectivity index (χ4n) is 3.04. The van der Waals surface area contributed by atoms with Gasteiger partial charge in [0.15, 0.2) is 0 Å². The molecule has 28 heavy (non-hydrogen) atoms. The van der Waals surface area contributed by atoms with Gasteiger partial charge in [0.25, 0.3) is 9.05 Å². The summed E-state index contributed by atoms with van der Waals surface area (Å²) in [6.45, 7) is 7.00. The van der Waals surface area contributed by atoms with Gasteiger partial charge in [-0.15, -0.1) is 0 Å². The van der Waals surface area contributed by atoms with Crippen molar-refractivity contribution in [3.63, 3.8) is 0 Å². The molecule has 2 heterocycles. The number of H-pyrrole nitrogens is 1. The first-order valence-corrected chi connectivity index (χ1v) is 11.7. The zero-order chi connectivity index (χ0) is 20.5. The van der Waals surface area contributed by atoms with Crippen LogP contribution >= 0.6 is 22.9 Å². The summed E-state index contributed by atoms with van der Waals surface area (Å²) < 4.78 is 31.6. The van der Waals surface area contributed by atoms with Gasteiger partial charge >= 0.3 is 0 Å². The van der Waals surface area contributed by atoms with Crippen LogP contribution in [0.5, 0.6) is 5.75 Å². The number of nitrogens with one attached hydrogen (secondary N) is 1. The van der Waals surface area contributed by atoms with Gasteiger partial charge < -0.3 is 9.72 Å². The van der Waals surface area contributed by atoms with Crippen molar-refractivity contribution in [1.29, 1.82) is 0 Å². The molecule has 0 spiro atoms. The van der Waals surface area contributed by atoms with Gasteiger partial charge in [0.05, 0.1) is 22.8 Å². The lowest BCUT2D eigenvalue weighted by Crippen LogP contribution is -2.01. The lowest BCUT2D eigenvalue weighted by atomic mass is 10.1. The Balaban J connectivity index is 2.31. The molecule has 0 atom stereocenters. The Kier molecular flexibility index (Phi) is 6.07. The Morgan fingerprint density at radius 3 is 2.64 bits per heavy atom. The SMILES string of the molecule is CCCc1nn(CC)c2c(=S)[nH]c(-c3cc(S(=O)(=O)Cl)ccc3OCC)nc12. The normalized spacial score (nSPS) is 11.9. The highest BCUT2D eigenvalue weighted by Crippen LogP contribution is 2.33. The van der Waals surface area contributed by atoms with E-state index in [4.69, 9.17) is 32.6 Å². The van der Waals surface area contributed by atoms with Gasteiger partial charge in [-0.25, -0.2) is 13.4 Å². The molecular weight excluding hydrogens is 420 g/mol. The molecule has 150 valence electrons.